The van der Waals surface area contributed by atoms with Crippen LogP contribution in [0.4, 0.5) is 4.79 Å². The maximum atomic E-state index is 12.1. The highest BCUT2D eigenvalue weighted by atomic mass is 16.6. The lowest BCUT2D eigenvalue weighted by atomic mass is 10.0. The molecule has 0 unspecified atom stereocenters. The van der Waals surface area contributed by atoms with Gasteiger partial charge in [-0.1, -0.05) is 12.1 Å². The third-order valence-corrected chi connectivity index (χ3v) is 4.75. The number of benzene rings is 1. The second-order valence-electron chi connectivity index (χ2n) is 8.10. The zero-order valence-electron chi connectivity index (χ0n) is 16.5. The lowest BCUT2D eigenvalue weighted by Crippen LogP contribution is -2.34. The van der Waals surface area contributed by atoms with Crippen molar-refractivity contribution in [2.45, 2.75) is 45.3 Å². The highest BCUT2D eigenvalue weighted by molar-refractivity contribution is 5.85. The summed E-state index contributed by atoms with van der Waals surface area (Å²) < 4.78 is 6.83. The van der Waals surface area contributed by atoms with E-state index < -0.39 is 17.7 Å². The number of aryl methyl sites for hydroxylation is 1. The molecule has 3 aromatic rings. The summed E-state index contributed by atoms with van der Waals surface area (Å²) in [6, 6.07) is 9.01. The molecule has 0 bridgehead atoms. The molecule has 1 aromatic carbocycles. The predicted octanol–water partition coefficient (Wildman–Crippen LogP) is 3.61. The molecule has 0 spiro atoms. The number of hydrogen-bond acceptors (Lipinski definition) is 5. The molecular formula is C21H22N4O4. The molecule has 4 rings (SSSR count). The molecule has 0 fully saturated rings. The number of amides is 1. The van der Waals surface area contributed by atoms with Gasteiger partial charge in [0.15, 0.2) is 11.3 Å². The summed E-state index contributed by atoms with van der Waals surface area (Å²) >= 11 is 0. The fourth-order valence-electron chi connectivity index (χ4n) is 3.51. The van der Waals surface area contributed by atoms with Gasteiger partial charge in [-0.3, -0.25) is 0 Å². The second-order valence-corrected chi connectivity index (χ2v) is 8.10. The van der Waals surface area contributed by atoms with Crippen LogP contribution in [0.25, 0.3) is 16.9 Å². The molecule has 2 aromatic heterocycles. The minimum atomic E-state index is -1.08. The van der Waals surface area contributed by atoms with Crippen molar-refractivity contribution in [3.8, 4) is 11.3 Å². The van der Waals surface area contributed by atoms with E-state index >= 15 is 0 Å². The summed E-state index contributed by atoms with van der Waals surface area (Å²) in [5.74, 6) is -1.08. The zero-order chi connectivity index (χ0) is 20.8. The number of carbonyl (C=O) groups excluding carboxylic acids is 1. The van der Waals surface area contributed by atoms with Crippen molar-refractivity contribution in [3.05, 3.63) is 53.3 Å². The summed E-state index contributed by atoms with van der Waals surface area (Å²) in [5.41, 5.74) is 3.87. The quantitative estimate of drug-likeness (QED) is 0.703. The van der Waals surface area contributed by atoms with Gasteiger partial charge in [0, 0.05) is 5.56 Å². The number of aromatic carboxylic acids is 1. The van der Waals surface area contributed by atoms with Crippen LogP contribution in [-0.4, -0.2) is 37.4 Å². The van der Waals surface area contributed by atoms with Gasteiger partial charge in [-0.2, -0.15) is 5.10 Å². The molecule has 0 aliphatic heterocycles. The number of aromatic nitrogens is 3. The van der Waals surface area contributed by atoms with Gasteiger partial charge in [0.25, 0.3) is 0 Å². The Morgan fingerprint density at radius 3 is 2.76 bits per heavy atom. The third-order valence-electron chi connectivity index (χ3n) is 4.75. The molecule has 2 heterocycles. The number of carboxylic acids is 1. The fourth-order valence-corrected chi connectivity index (χ4v) is 3.51. The first-order valence-electron chi connectivity index (χ1n) is 9.42. The summed E-state index contributed by atoms with van der Waals surface area (Å²) in [4.78, 5) is 27.7. The smallest absolute Gasteiger partial charge is 0.408 e. The molecule has 0 radical (unpaired) electrons. The molecule has 1 amide bonds. The molecule has 29 heavy (non-hydrogen) atoms. The van der Waals surface area contributed by atoms with Crippen LogP contribution >= 0.6 is 0 Å². The van der Waals surface area contributed by atoms with Gasteiger partial charge in [-0.15, -0.1) is 0 Å². The largest absolute Gasteiger partial charge is 0.476 e. The molecule has 8 heteroatoms. The number of fused-ring (bicyclic) bond motifs is 2. The number of carbonyl (C=O) groups is 2. The normalized spacial score (nSPS) is 15.9. The van der Waals surface area contributed by atoms with Crippen LogP contribution in [0.2, 0.25) is 0 Å². The first kappa shape index (κ1) is 18.9. The Bertz CT molecular complexity index is 1110. The predicted molar refractivity (Wildman–Crippen MR) is 106 cm³/mol. The second kappa shape index (κ2) is 6.88. The van der Waals surface area contributed by atoms with Crippen molar-refractivity contribution in [3.63, 3.8) is 0 Å². The highest BCUT2D eigenvalue weighted by Gasteiger charge is 2.26. The first-order valence-corrected chi connectivity index (χ1v) is 9.42. The fraction of sp³-hybridized carbons (Fsp3) is 0.333. The van der Waals surface area contributed by atoms with Gasteiger partial charge in [-0.05, 0) is 62.9 Å². The van der Waals surface area contributed by atoms with Crippen molar-refractivity contribution in [1.29, 1.82) is 0 Å². The van der Waals surface area contributed by atoms with Gasteiger partial charge >= 0.3 is 12.1 Å². The van der Waals surface area contributed by atoms with Gasteiger partial charge in [0.1, 0.15) is 5.60 Å². The standard InChI is InChI=1S/C21H22N4O4/c1-21(2,3)29-20(28)23-15-7-5-12-10-13(4-6-14(12)15)17-11-25-18(22-17)9-8-16(24-25)19(26)27/h4,6,8-11,15H,5,7H2,1-3H3,(H,23,28)(H,26,27)/t15-/m0/s1. The topological polar surface area (TPSA) is 106 Å². The van der Waals surface area contributed by atoms with E-state index in [0.717, 1.165) is 29.5 Å². The lowest BCUT2D eigenvalue weighted by Gasteiger charge is -2.22. The molecular weight excluding hydrogens is 372 g/mol. The van der Waals surface area contributed by atoms with E-state index in [0.29, 0.717) is 11.3 Å². The van der Waals surface area contributed by atoms with Gasteiger partial charge in [-0.25, -0.2) is 19.1 Å². The van der Waals surface area contributed by atoms with E-state index in [1.165, 1.54) is 10.6 Å². The van der Waals surface area contributed by atoms with E-state index in [1.807, 2.05) is 32.9 Å². The van der Waals surface area contributed by atoms with Crippen LogP contribution in [0, 0.1) is 0 Å². The average Bonchev–Trinajstić information content (AvgIpc) is 3.23. The van der Waals surface area contributed by atoms with Crippen LogP contribution in [0.15, 0.2) is 36.5 Å². The summed E-state index contributed by atoms with van der Waals surface area (Å²) in [5, 5.41) is 16.1. The molecule has 0 saturated carbocycles. The molecule has 1 aliphatic carbocycles. The number of rotatable bonds is 3. The first-order chi connectivity index (χ1) is 13.7. The molecule has 1 aliphatic rings. The van der Waals surface area contributed by atoms with Crippen molar-refractivity contribution in [1.82, 2.24) is 19.9 Å². The molecule has 2 N–H and O–H groups in total. The Morgan fingerprint density at radius 1 is 1.24 bits per heavy atom. The van der Waals surface area contributed by atoms with Crippen LogP contribution in [0.5, 0.6) is 0 Å². The van der Waals surface area contributed by atoms with Crippen LogP contribution < -0.4 is 5.32 Å². The van der Waals surface area contributed by atoms with Crippen molar-refractivity contribution >= 4 is 17.7 Å². The van der Waals surface area contributed by atoms with E-state index in [2.05, 4.69) is 21.5 Å². The average molecular weight is 394 g/mol. The summed E-state index contributed by atoms with van der Waals surface area (Å²) in [7, 11) is 0. The SMILES string of the molecule is CC(C)(C)OC(=O)N[C@H]1CCc2cc(-c3cn4nc(C(=O)O)ccc4n3)ccc21. The van der Waals surface area contributed by atoms with E-state index in [9.17, 15) is 9.59 Å². The Hall–Kier alpha value is -3.42. The summed E-state index contributed by atoms with van der Waals surface area (Å²) in [6.45, 7) is 5.51. The van der Waals surface area contributed by atoms with Crippen LogP contribution in [0.3, 0.4) is 0 Å². The minimum Gasteiger partial charge on any atom is -0.476 e. The third kappa shape index (κ3) is 3.91. The Morgan fingerprint density at radius 2 is 2.03 bits per heavy atom. The summed E-state index contributed by atoms with van der Waals surface area (Å²) in [6.07, 6.45) is 2.96. The number of carboxylic acid groups (broad SMARTS) is 1. The highest BCUT2D eigenvalue weighted by Crippen LogP contribution is 2.34. The van der Waals surface area contributed by atoms with E-state index in [4.69, 9.17) is 9.84 Å². The molecule has 150 valence electrons. The van der Waals surface area contributed by atoms with Gasteiger partial charge in [0.2, 0.25) is 0 Å². The maximum Gasteiger partial charge on any atom is 0.408 e. The van der Waals surface area contributed by atoms with Crippen LogP contribution in [0.1, 0.15) is 54.8 Å². The number of hydrogen-bond donors (Lipinski definition) is 2. The minimum absolute atomic E-state index is 0.0357. The molecule has 1 atom stereocenters. The molecule has 0 saturated heterocycles. The monoisotopic (exact) mass is 394 g/mol. The van der Waals surface area contributed by atoms with Crippen LogP contribution in [-0.2, 0) is 11.2 Å². The Balaban J connectivity index is 1.57. The Kier molecular flexibility index (Phi) is 4.49. The lowest BCUT2D eigenvalue weighted by molar-refractivity contribution is 0.0503. The number of nitrogens with one attached hydrogen (secondary N) is 1. The number of imidazole rings is 1. The van der Waals surface area contributed by atoms with Crippen molar-refractivity contribution in [2.75, 3.05) is 0 Å². The zero-order valence-corrected chi connectivity index (χ0v) is 16.5. The van der Waals surface area contributed by atoms with Crippen molar-refractivity contribution < 1.29 is 19.4 Å². The number of alkyl carbamates (subject to hydrolysis) is 1. The van der Waals surface area contributed by atoms with E-state index in [-0.39, 0.29) is 11.7 Å². The van der Waals surface area contributed by atoms with Gasteiger partial charge < -0.3 is 15.2 Å². The van der Waals surface area contributed by atoms with Crippen molar-refractivity contribution in [2.24, 2.45) is 0 Å². The molecule has 8 nitrogen and oxygen atoms in total. The van der Waals surface area contributed by atoms with Gasteiger partial charge in [0.05, 0.1) is 17.9 Å². The number of nitrogens with zero attached hydrogens (tertiary/aromatic N) is 3. The Labute approximate surface area is 167 Å². The van der Waals surface area contributed by atoms with E-state index in [1.54, 1.807) is 12.3 Å². The number of ether oxygens (including phenoxy) is 1. The maximum absolute atomic E-state index is 12.1.